The highest BCUT2D eigenvalue weighted by Crippen LogP contribution is 2.32. The molecular formula is C14H14F3NO3. The molecule has 7 heteroatoms. The first kappa shape index (κ1) is 15.3. The molecule has 4 nitrogen and oxygen atoms in total. The standard InChI is InChI=1S/C14H14F3NO3/c15-14(16,17)13(21)18-7-10(6-11(8-18)12(19)20)9-4-2-1-3-5-9/h1-5,10-11H,6-8H2,(H,19,20)/t10-,11+/m0/s1. The van der Waals surface area contributed by atoms with Gasteiger partial charge in [0.25, 0.3) is 0 Å². The molecule has 1 heterocycles. The molecule has 0 unspecified atom stereocenters. The molecule has 0 bridgehead atoms. The molecule has 0 aliphatic carbocycles. The highest BCUT2D eigenvalue weighted by atomic mass is 19.4. The zero-order chi connectivity index (χ0) is 15.6. The molecule has 2 atom stereocenters. The van der Waals surface area contributed by atoms with Gasteiger partial charge in [0, 0.05) is 19.0 Å². The Kier molecular flexibility index (Phi) is 4.20. The number of carbonyl (C=O) groups excluding carboxylic acids is 1. The molecule has 0 spiro atoms. The number of rotatable bonds is 2. The molecule has 0 saturated carbocycles. The maximum atomic E-state index is 12.6. The molecule has 1 aromatic carbocycles. The van der Waals surface area contributed by atoms with Gasteiger partial charge in [0.2, 0.25) is 0 Å². The summed E-state index contributed by atoms with van der Waals surface area (Å²) >= 11 is 0. The Labute approximate surface area is 119 Å². The van der Waals surface area contributed by atoms with Gasteiger partial charge < -0.3 is 10.0 Å². The summed E-state index contributed by atoms with van der Waals surface area (Å²) in [6.07, 6.45) is -4.76. The summed E-state index contributed by atoms with van der Waals surface area (Å²) in [7, 11) is 0. The number of benzene rings is 1. The van der Waals surface area contributed by atoms with Crippen molar-refractivity contribution in [3.05, 3.63) is 35.9 Å². The second kappa shape index (κ2) is 5.75. The van der Waals surface area contributed by atoms with Crippen molar-refractivity contribution in [2.24, 2.45) is 5.92 Å². The van der Waals surface area contributed by atoms with Gasteiger partial charge in [-0.25, -0.2) is 0 Å². The first-order chi connectivity index (χ1) is 9.79. The van der Waals surface area contributed by atoms with E-state index in [1.54, 1.807) is 30.3 Å². The minimum absolute atomic E-state index is 0.119. The largest absolute Gasteiger partial charge is 0.481 e. The van der Waals surface area contributed by atoms with E-state index in [4.69, 9.17) is 5.11 Å². The molecule has 1 saturated heterocycles. The van der Waals surface area contributed by atoms with Crippen LogP contribution in [0.15, 0.2) is 30.3 Å². The van der Waals surface area contributed by atoms with E-state index in [9.17, 15) is 22.8 Å². The monoisotopic (exact) mass is 301 g/mol. The average Bonchev–Trinajstić information content (AvgIpc) is 2.46. The Hall–Kier alpha value is -2.05. The number of carboxylic acid groups (broad SMARTS) is 1. The van der Waals surface area contributed by atoms with E-state index in [0.717, 1.165) is 5.56 Å². The molecule has 0 radical (unpaired) electrons. The van der Waals surface area contributed by atoms with Crippen LogP contribution in [0.1, 0.15) is 17.9 Å². The molecular weight excluding hydrogens is 287 g/mol. The van der Waals surface area contributed by atoms with Gasteiger partial charge in [0.1, 0.15) is 0 Å². The van der Waals surface area contributed by atoms with Crippen molar-refractivity contribution in [2.45, 2.75) is 18.5 Å². The number of hydrogen-bond acceptors (Lipinski definition) is 2. The fraction of sp³-hybridized carbons (Fsp3) is 0.429. The molecule has 1 aromatic rings. The van der Waals surface area contributed by atoms with Crippen molar-refractivity contribution in [1.29, 1.82) is 0 Å². The number of piperidine rings is 1. The Morgan fingerprint density at radius 2 is 1.76 bits per heavy atom. The van der Waals surface area contributed by atoms with E-state index >= 15 is 0 Å². The smallest absolute Gasteiger partial charge is 0.471 e. The number of carbonyl (C=O) groups is 2. The van der Waals surface area contributed by atoms with Crippen LogP contribution < -0.4 is 0 Å². The van der Waals surface area contributed by atoms with Crippen molar-refractivity contribution >= 4 is 11.9 Å². The van der Waals surface area contributed by atoms with E-state index in [1.165, 1.54) is 0 Å². The van der Waals surface area contributed by atoms with E-state index in [0.29, 0.717) is 4.90 Å². The van der Waals surface area contributed by atoms with Gasteiger partial charge in [-0.1, -0.05) is 30.3 Å². The first-order valence-electron chi connectivity index (χ1n) is 6.43. The molecule has 1 amide bonds. The van der Waals surface area contributed by atoms with Gasteiger partial charge in [-0.15, -0.1) is 0 Å². The number of nitrogens with zero attached hydrogens (tertiary/aromatic N) is 1. The van der Waals surface area contributed by atoms with Crippen molar-refractivity contribution in [1.82, 2.24) is 4.90 Å². The van der Waals surface area contributed by atoms with Gasteiger partial charge in [-0.05, 0) is 12.0 Å². The third-order valence-corrected chi connectivity index (χ3v) is 3.60. The van der Waals surface area contributed by atoms with Crippen LogP contribution in [0.3, 0.4) is 0 Å². The predicted octanol–water partition coefficient (Wildman–Crippen LogP) is 2.27. The molecule has 1 aliphatic heterocycles. The van der Waals surface area contributed by atoms with Crippen molar-refractivity contribution in [2.75, 3.05) is 13.1 Å². The summed E-state index contributed by atoms with van der Waals surface area (Å²) in [4.78, 5) is 23.1. The van der Waals surface area contributed by atoms with Gasteiger partial charge in [0.05, 0.1) is 5.92 Å². The lowest BCUT2D eigenvalue weighted by molar-refractivity contribution is -0.188. The number of alkyl halides is 3. The van der Waals surface area contributed by atoms with E-state index in [1.807, 2.05) is 0 Å². The number of hydrogen-bond donors (Lipinski definition) is 1. The van der Waals surface area contributed by atoms with Gasteiger partial charge in [-0.3, -0.25) is 9.59 Å². The van der Waals surface area contributed by atoms with Gasteiger partial charge >= 0.3 is 18.1 Å². The highest BCUT2D eigenvalue weighted by molar-refractivity contribution is 5.83. The van der Waals surface area contributed by atoms with Crippen molar-refractivity contribution in [3.63, 3.8) is 0 Å². The summed E-state index contributed by atoms with van der Waals surface area (Å²) in [6.45, 7) is -0.525. The van der Waals surface area contributed by atoms with Gasteiger partial charge in [-0.2, -0.15) is 13.2 Å². The minimum atomic E-state index is -4.98. The van der Waals surface area contributed by atoms with Crippen LogP contribution in [0.2, 0.25) is 0 Å². The summed E-state index contributed by atoms with van der Waals surface area (Å²) in [6, 6.07) is 8.68. The van der Waals surface area contributed by atoms with Crippen LogP contribution in [-0.2, 0) is 9.59 Å². The number of carboxylic acids is 1. The van der Waals surface area contributed by atoms with Gasteiger partial charge in [0.15, 0.2) is 0 Å². The molecule has 21 heavy (non-hydrogen) atoms. The second-order valence-corrected chi connectivity index (χ2v) is 5.09. The Morgan fingerprint density at radius 1 is 1.14 bits per heavy atom. The summed E-state index contributed by atoms with van der Waals surface area (Å²) in [5.41, 5.74) is 0.739. The van der Waals surface area contributed by atoms with Crippen LogP contribution in [-0.4, -0.2) is 41.1 Å². The summed E-state index contributed by atoms with van der Waals surface area (Å²) in [5.74, 6) is -4.56. The number of likely N-dealkylation sites (tertiary alicyclic amines) is 1. The normalized spacial score (nSPS) is 22.9. The molecule has 1 aliphatic rings. The van der Waals surface area contributed by atoms with E-state index in [-0.39, 0.29) is 13.0 Å². The first-order valence-corrected chi connectivity index (χ1v) is 6.43. The third-order valence-electron chi connectivity index (χ3n) is 3.60. The van der Waals surface area contributed by atoms with Crippen LogP contribution in [0, 0.1) is 5.92 Å². The number of halogens is 3. The Morgan fingerprint density at radius 3 is 2.29 bits per heavy atom. The molecule has 2 rings (SSSR count). The maximum absolute atomic E-state index is 12.6. The lowest BCUT2D eigenvalue weighted by Crippen LogP contribution is -2.50. The quantitative estimate of drug-likeness (QED) is 0.911. The summed E-state index contributed by atoms with van der Waals surface area (Å²) < 4.78 is 37.7. The fourth-order valence-electron chi connectivity index (χ4n) is 2.59. The predicted molar refractivity (Wildman–Crippen MR) is 67.6 cm³/mol. The van der Waals surface area contributed by atoms with Crippen LogP contribution in [0.4, 0.5) is 13.2 Å². The zero-order valence-corrected chi connectivity index (χ0v) is 11.0. The third kappa shape index (κ3) is 3.53. The molecule has 1 N–H and O–H groups in total. The Balaban J connectivity index is 2.24. The Bertz CT molecular complexity index is 530. The SMILES string of the molecule is O=C(O)[C@@H]1C[C@H](c2ccccc2)CN(C(=O)C(F)(F)F)C1. The van der Waals surface area contributed by atoms with Crippen molar-refractivity contribution in [3.8, 4) is 0 Å². The number of aliphatic carboxylic acids is 1. The molecule has 1 fully saturated rings. The van der Waals surface area contributed by atoms with E-state index < -0.39 is 36.4 Å². The van der Waals surface area contributed by atoms with Crippen LogP contribution in [0.5, 0.6) is 0 Å². The van der Waals surface area contributed by atoms with Crippen LogP contribution >= 0.6 is 0 Å². The van der Waals surface area contributed by atoms with Crippen molar-refractivity contribution < 1.29 is 27.9 Å². The number of amides is 1. The average molecular weight is 301 g/mol. The highest BCUT2D eigenvalue weighted by Gasteiger charge is 2.46. The fourth-order valence-corrected chi connectivity index (χ4v) is 2.59. The molecule has 0 aromatic heterocycles. The topological polar surface area (TPSA) is 57.6 Å². The molecule has 114 valence electrons. The lowest BCUT2D eigenvalue weighted by Gasteiger charge is -2.36. The minimum Gasteiger partial charge on any atom is -0.481 e. The lowest BCUT2D eigenvalue weighted by atomic mass is 9.84. The van der Waals surface area contributed by atoms with E-state index in [2.05, 4.69) is 0 Å². The zero-order valence-electron chi connectivity index (χ0n) is 11.0. The summed E-state index contributed by atoms with van der Waals surface area (Å²) in [5, 5.41) is 9.09. The maximum Gasteiger partial charge on any atom is 0.471 e. The second-order valence-electron chi connectivity index (χ2n) is 5.09. The van der Waals surface area contributed by atoms with Crippen LogP contribution in [0.25, 0.3) is 0 Å².